The van der Waals surface area contributed by atoms with Gasteiger partial charge < -0.3 is 0 Å². The Balaban J connectivity index is 1.77. The van der Waals surface area contributed by atoms with Crippen molar-refractivity contribution in [1.29, 1.82) is 0 Å². The quantitative estimate of drug-likeness (QED) is 0.213. The maximum absolute atomic E-state index is 14.0. The molecule has 2 atom stereocenters. The summed E-state index contributed by atoms with van der Waals surface area (Å²) in [7, 11) is -1.26. The predicted octanol–water partition coefficient (Wildman–Crippen LogP) is 5.97. The van der Waals surface area contributed by atoms with Gasteiger partial charge in [0.2, 0.25) is 0 Å². The van der Waals surface area contributed by atoms with Crippen LogP contribution in [0.5, 0.6) is 0 Å². The van der Waals surface area contributed by atoms with Crippen molar-refractivity contribution in [2.24, 2.45) is 0 Å². The zero-order chi connectivity index (χ0) is 25.0. The van der Waals surface area contributed by atoms with Crippen molar-refractivity contribution >= 4 is 39.9 Å². The monoisotopic (exact) mass is 594 g/mol. The third-order valence-electron chi connectivity index (χ3n) is 7.16. The van der Waals surface area contributed by atoms with Crippen molar-refractivity contribution in [1.82, 2.24) is 0 Å². The molecule has 0 fully saturated rings. The van der Waals surface area contributed by atoms with E-state index in [1.54, 1.807) is 0 Å². The minimum absolute atomic E-state index is 0.206. The zero-order valence-electron chi connectivity index (χ0n) is 20.7. The summed E-state index contributed by atoms with van der Waals surface area (Å²) < 4.78 is 18.4. The minimum atomic E-state index is -3.67. The third-order valence-corrected chi connectivity index (χ3v) is 23.9. The number of aryl methyl sites for hydroxylation is 1. The molecule has 0 unspecified atom stereocenters. The Morgan fingerprint density at radius 2 is 0.972 bits per heavy atom. The Labute approximate surface area is 221 Å². The van der Waals surface area contributed by atoms with Gasteiger partial charge in [-0.25, -0.2) is 0 Å². The van der Waals surface area contributed by atoms with Crippen LogP contribution in [0.25, 0.3) is 0 Å². The summed E-state index contributed by atoms with van der Waals surface area (Å²) in [6.07, 6.45) is 0. The van der Waals surface area contributed by atoms with Gasteiger partial charge in [-0.1, -0.05) is 0 Å². The van der Waals surface area contributed by atoms with Crippen molar-refractivity contribution in [3.63, 3.8) is 0 Å². The van der Waals surface area contributed by atoms with E-state index in [2.05, 4.69) is 123 Å². The Morgan fingerprint density at radius 1 is 0.556 bits per heavy atom. The third kappa shape index (κ3) is 4.60. The Hall–Kier alpha value is -2.95. The molecule has 0 aromatic heterocycles. The molecule has 5 aromatic carbocycles. The number of hydrogen-bond donors (Lipinski definition) is 0. The van der Waals surface area contributed by atoms with Gasteiger partial charge >= 0.3 is 222 Å². The molecular weight excluding hydrogens is 563 g/mol. The Bertz CT molecular complexity index is 1350. The van der Waals surface area contributed by atoms with Crippen LogP contribution in [-0.4, -0.2) is 22.6 Å². The van der Waals surface area contributed by atoms with Crippen LogP contribution in [0.2, 0.25) is 0 Å². The van der Waals surface area contributed by atoms with E-state index in [4.69, 9.17) is 0 Å². The normalized spacial score (nSPS) is 13.2. The van der Waals surface area contributed by atoms with Crippen molar-refractivity contribution in [3.8, 4) is 0 Å². The molecule has 0 radical (unpaired) electrons. The molecular formula is C33H30OSSn. The van der Waals surface area contributed by atoms with E-state index in [1.165, 1.54) is 21.9 Å². The van der Waals surface area contributed by atoms with Crippen LogP contribution in [-0.2, 0) is 10.8 Å². The second kappa shape index (κ2) is 11.0. The average Bonchev–Trinajstić information content (AvgIpc) is 2.95. The molecule has 5 rings (SSSR count). The number of rotatable bonds is 7. The molecule has 0 N–H and O–H groups in total. The van der Waals surface area contributed by atoms with Crippen LogP contribution in [0.1, 0.15) is 22.0 Å². The van der Waals surface area contributed by atoms with Crippen LogP contribution < -0.4 is 10.7 Å². The average molecular weight is 593 g/mol. The number of benzene rings is 5. The molecule has 0 spiro atoms. The predicted molar refractivity (Wildman–Crippen MR) is 155 cm³/mol. The molecule has 5 aromatic rings. The Morgan fingerprint density at radius 3 is 1.44 bits per heavy atom. The van der Waals surface area contributed by atoms with Crippen LogP contribution in [0.3, 0.4) is 0 Å². The summed E-state index contributed by atoms with van der Waals surface area (Å²) in [5.41, 5.74) is 2.36. The van der Waals surface area contributed by atoms with Gasteiger partial charge in [0.15, 0.2) is 0 Å². The van der Waals surface area contributed by atoms with Crippen LogP contribution in [0.15, 0.2) is 149 Å². The van der Waals surface area contributed by atoms with Crippen LogP contribution in [0.4, 0.5) is 0 Å². The molecule has 0 aliphatic heterocycles. The topological polar surface area (TPSA) is 17.1 Å². The fourth-order valence-electron chi connectivity index (χ4n) is 5.38. The molecule has 0 saturated heterocycles. The van der Waals surface area contributed by atoms with Gasteiger partial charge in [-0.3, -0.25) is 0 Å². The van der Waals surface area contributed by atoms with E-state index in [0.717, 1.165) is 9.79 Å². The first-order chi connectivity index (χ1) is 17.6. The molecule has 0 aliphatic rings. The molecule has 0 aliphatic carbocycles. The van der Waals surface area contributed by atoms with Crippen molar-refractivity contribution in [3.05, 3.63) is 151 Å². The summed E-state index contributed by atoms with van der Waals surface area (Å²) in [5.74, 6) is 0. The van der Waals surface area contributed by atoms with Crippen molar-refractivity contribution in [2.45, 2.75) is 27.6 Å². The molecule has 36 heavy (non-hydrogen) atoms. The summed E-state index contributed by atoms with van der Waals surface area (Å²) >= 11 is -3.67. The molecule has 1 nitrogen and oxygen atoms in total. The first-order valence-corrected chi connectivity index (χ1v) is 19.4. The van der Waals surface area contributed by atoms with E-state index in [9.17, 15) is 4.21 Å². The first-order valence-electron chi connectivity index (χ1n) is 12.4. The molecule has 0 heterocycles. The summed E-state index contributed by atoms with van der Waals surface area (Å²) in [5, 5.41) is 0. The van der Waals surface area contributed by atoms with Gasteiger partial charge in [-0.15, -0.1) is 0 Å². The van der Waals surface area contributed by atoms with Gasteiger partial charge in [0.1, 0.15) is 0 Å². The van der Waals surface area contributed by atoms with E-state index < -0.39 is 29.2 Å². The van der Waals surface area contributed by atoms with E-state index in [-0.39, 0.29) is 3.93 Å². The SMILES string of the molecule is Cc1ccc([S@](=O)c2ccccc2[C@@H](C)[Sn]([c]2ccccc2)([c]2ccccc2)[c]2ccccc2)cc1. The van der Waals surface area contributed by atoms with E-state index in [1.807, 2.05) is 30.3 Å². The van der Waals surface area contributed by atoms with Gasteiger partial charge in [-0.05, 0) is 0 Å². The van der Waals surface area contributed by atoms with Gasteiger partial charge in [-0.2, -0.15) is 0 Å². The Kier molecular flexibility index (Phi) is 7.54. The van der Waals surface area contributed by atoms with Gasteiger partial charge in [0, 0.05) is 0 Å². The summed E-state index contributed by atoms with van der Waals surface area (Å²) in [6.45, 7) is 4.43. The first kappa shape index (κ1) is 24.7. The molecule has 0 saturated carbocycles. The summed E-state index contributed by atoms with van der Waals surface area (Å²) in [6, 6.07) is 49.6. The standard InChI is InChI=1S/C15H15OS.3C6H5.Sn/c1-3-13-6-4-5-7-15(13)17(16)14-10-8-12(2)9-11-14;3*1-2-4-6-5-3-1;/h3-11H,1-2H3;3*1-5H;/t17-;;;;/m0..../s1. The van der Waals surface area contributed by atoms with Gasteiger partial charge in [0.05, 0.1) is 0 Å². The molecule has 3 heteroatoms. The summed E-state index contributed by atoms with van der Waals surface area (Å²) in [4.78, 5) is 1.76. The van der Waals surface area contributed by atoms with Crippen LogP contribution >= 0.6 is 0 Å². The van der Waals surface area contributed by atoms with E-state index in [0.29, 0.717) is 0 Å². The fourth-order valence-corrected chi connectivity index (χ4v) is 22.3. The second-order valence-electron chi connectivity index (χ2n) is 9.25. The number of hydrogen-bond acceptors (Lipinski definition) is 1. The van der Waals surface area contributed by atoms with Crippen molar-refractivity contribution in [2.75, 3.05) is 0 Å². The fraction of sp³-hybridized carbons (Fsp3) is 0.0909. The van der Waals surface area contributed by atoms with Crippen LogP contribution in [0, 0.1) is 6.92 Å². The molecule has 0 bridgehead atoms. The van der Waals surface area contributed by atoms with Crippen molar-refractivity contribution < 1.29 is 4.21 Å². The molecule has 0 amide bonds. The maximum atomic E-state index is 14.0. The zero-order valence-corrected chi connectivity index (χ0v) is 24.3. The van der Waals surface area contributed by atoms with Gasteiger partial charge in [0.25, 0.3) is 0 Å². The van der Waals surface area contributed by atoms with E-state index >= 15 is 0 Å². The second-order valence-corrected chi connectivity index (χ2v) is 22.7. The molecule has 178 valence electrons.